The predicted molar refractivity (Wildman–Crippen MR) is 343 cm³/mol. The second kappa shape index (κ2) is 65.5. The van der Waals surface area contributed by atoms with Crippen LogP contribution in [0, 0.1) is 0 Å². The van der Waals surface area contributed by atoms with Gasteiger partial charge in [0.15, 0.2) is 6.10 Å². The molecular formula is C73H116O6. The first kappa shape index (κ1) is 74.0. The largest absolute Gasteiger partial charge is 0.462 e. The van der Waals surface area contributed by atoms with Gasteiger partial charge in [0.2, 0.25) is 0 Å². The van der Waals surface area contributed by atoms with Gasteiger partial charge in [0.1, 0.15) is 13.2 Å². The summed E-state index contributed by atoms with van der Waals surface area (Å²) < 4.78 is 16.8. The monoisotopic (exact) mass is 1090 g/mol. The molecule has 0 spiro atoms. The lowest BCUT2D eigenvalue weighted by molar-refractivity contribution is -0.167. The van der Waals surface area contributed by atoms with E-state index in [-0.39, 0.29) is 31.1 Å². The van der Waals surface area contributed by atoms with E-state index in [1.807, 2.05) is 0 Å². The Morgan fingerprint density at radius 2 is 0.506 bits per heavy atom. The van der Waals surface area contributed by atoms with Gasteiger partial charge < -0.3 is 14.2 Å². The van der Waals surface area contributed by atoms with Gasteiger partial charge in [-0.25, -0.2) is 0 Å². The van der Waals surface area contributed by atoms with E-state index in [4.69, 9.17) is 14.2 Å². The molecule has 0 aromatic rings. The number of hydrogen-bond acceptors (Lipinski definition) is 6. The Kier molecular flexibility index (Phi) is 61.4. The van der Waals surface area contributed by atoms with Crippen molar-refractivity contribution in [2.75, 3.05) is 13.2 Å². The van der Waals surface area contributed by atoms with Crippen LogP contribution < -0.4 is 0 Å². The minimum atomic E-state index is -0.806. The highest BCUT2D eigenvalue weighted by atomic mass is 16.6. The molecule has 0 aliphatic heterocycles. The van der Waals surface area contributed by atoms with Gasteiger partial charge in [0, 0.05) is 19.3 Å². The van der Waals surface area contributed by atoms with Crippen LogP contribution in [0.15, 0.2) is 158 Å². The third-order valence-electron chi connectivity index (χ3n) is 13.0. The van der Waals surface area contributed by atoms with E-state index < -0.39 is 6.10 Å². The number of rotatable bonds is 56. The molecule has 444 valence electrons. The number of ether oxygens (including phenoxy) is 3. The lowest BCUT2D eigenvalue weighted by Crippen LogP contribution is -2.30. The molecule has 0 aliphatic carbocycles. The van der Waals surface area contributed by atoms with Crippen molar-refractivity contribution in [2.45, 2.75) is 271 Å². The molecule has 0 rings (SSSR count). The molecule has 0 N–H and O–H groups in total. The minimum absolute atomic E-state index is 0.101. The zero-order valence-electron chi connectivity index (χ0n) is 50.8. The summed E-state index contributed by atoms with van der Waals surface area (Å²) in [4.78, 5) is 38.2. The molecule has 0 bridgehead atoms. The van der Waals surface area contributed by atoms with Crippen LogP contribution in [0.25, 0.3) is 0 Å². The Hall–Kier alpha value is -4.97. The summed E-state index contributed by atoms with van der Waals surface area (Å²) in [5, 5.41) is 0. The van der Waals surface area contributed by atoms with Gasteiger partial charge in [-0.05, 0) is 148 Å². The van der Waals surface area contributed by atoms with Crippen molar-refractivity contribution < 1.29 is 28.6 Å². The molecule has 0 aromatic carbocycles. The SMILES string of the molecule is CC/C=C\C/C=C\C/C=C\C/C=C\C/C=C\C/C=C\C/C=C\C/C=C\C/C=C\C/C=C\CCCCCCC(=O)OCC(COC(=O)CCCCCCC/C=C\CCCCC)OC(=O)CCCCCCC/C=C\C/C=C\CCCC. The average molecular weight is 1090 g/mol. The Bertz CT molecular complexity index is 1780. The topological polar surface area (TPSA) is 78.9 Å². The van der Waals surface area contributed by atoms with Crippen LogP contribution in [0.2, 0.25) is 0 Å². The molecular weight excluding hydrogens is 973 g/mol. The van der Waals surface area contributed by atoms with E-state index in [1.165, 1.54) is 51.4 Å². The van der Waals surface area contributed by atoms with E-state index in [2.05, 4.69) is 179 Å². The van der Waals surface area contributed by atoms with Crippen molar-refractivity contribution in [3.05, 3.63) is 158 Å². The number of esters is 3. The fourth-order valence-electron chi connectivity index (χ4n) is 8.19. The second-order valence-corrected chi connectivity index (χ2v) is 20.6. The fourth-order valence-corrected chi connectivity index (χ4v) is 8.19. The first-order valence-electron chi connectivity index (χ1n) is 32.0. The van der Waals surface area contributed by atoms with Crippen LogP contribution in [0.1, 0.15) is 265 Å². The summed E-state index contributed by atoms with van der Waals surface area (Å²) in [7, 11) is 0. The Labute approximate surface area is 486 Å². The number of allylic oxidation sites excluding steroid dienone is 26. The van der Waals surface area contributed by atoms with Gasteiger partial charge >= 0.3 is 17.9 Å². The van der Waals surface area contributed by atoms with Gasteiger partial charge in [-0.2, -0.15) is 0 Å². The summed E-state index contributed by atoms with van der Waals surface area (Å²) in [5.41, 5.74) is 0. The minimum Gasteiger partial charge on any atom is -0.462 e. The van der Waals surface area contributed by atoms with E-state index >= 15 is 0 Å². The highest BCUT2D eigenvalue weighted by Gasteiger charge is 2.19. The van der Waals surface area contributed by atoms with Crippen LogP contribution >= 0.6 is 0 Å². The second-order valence-electron chi connectivity index (χ2n) is 20.6. The zero-order valence-corrected chi connectivity index (χ0v) is 50.8. The van der Waals surface area contributed by atoms with Gasteiger partial charge in [-0.15, -0.1) is 0 Å². The fraction of sp³-hybridized carbons (Fsp3) is 0.603. The van der Waals surface area contributed by atoms with Crippen molar-refractivity contribution in [1.29, 1.82) is 0 Å². The van der Waals surface area contributed by atoms with Gasteiger partial charge in [0.25, 0.3) is 0 Å². The lowest BCUT2D eigenvalue weighted by Gasteiger charge is -2.18. The summed E-state index contributed by atoms with van der Waals surface area (Å²) in [6, 6.07) is 0. The number of unbranched alkanes of at least 4 members (excludes halogenated alkanes) is 19. The van der Waals surface area contributed by atoms with Crippen LogP contribution in [0.5, 0.6) is 0 Å². The smallest absolute Gasteiger partial charge is 0.306 e. The molecule has 6 nitrogen and oxygen atoms in total. The van der Waals surface area contributed by atoms with Gasteiger partial charge in [-0.1, -0.05) is 256 Å². The number of hydrogen-bond donors (Lipinski definition) is 0. The molecule has 6 heteroatoms. The van der Waals surface area contributed by atoms with E-state index in [0.717, 1.165) is 173 Å². The standard InChI is InChI=1S/C73H116O6/c1-4-7-10-13-16-19-22-25-27-28-29-30-31-32-33-34-35-36-37-38-39-40-41-42-43-44-45-46-47-49-51-54-57-60-63-66-72(75)78-69-70(68-77-71(74)65-62-59-56-53-50-24-21-18-15-12-9-6-3)79-73(76)67-64-61-58-55-52-48-26-23-20-17-14-11-8-5-2/h7,10,14,16-19,21,23,25-27,29-30,32-33,35-36,38-39,41-42,44-45,47,49,70H,4-6,8-9,11-13,15,20,22,24,28,31,34,37,40,43,46,48,50-69H2,1-3H3/b10-7-,17-14-,19-16-,21-18-,26-23-,27-25-,30-29-,33-32-,36-35-,39-38-,42-41-,45-44-,49-47-. The highest BCUT2D eigenvalue weighted by molar-refractivity contribution is 5.71. The molecule has 0 fully saturated rings. The van der Waals surface area contributed by atoms with Crippen molar-refractivity contribution in [2.24, 2.45) is 0 Å². The van der Waals surface area contributed by atoms with Crippen LogP contribution in [0.3, 0.4) is 0 Å². The maximum Gasteiger partial charge on any atom is 0.306 e. The summed E-state index contributed by atoms with van der Waals surface area (Å²) in [6.07, 6.45) is 95.4. The maximum absolute atomic E-state index is 12.8. The van der Waals surface area contributed by atoms with Crippen molar-refractivity contribution in [3.8, 4) is 0 Å². The first-order valence-corrected chi connectivity index (χ1v) is 32.0. The highest BCUT2D eigenvalue weighted by Crippen LogP contribution is 2.13. The van der Waals surface area contributed by atoms with Crippen molar-refractivity contribution in [3.63, 3.8) is 0 Å². The van der Waals surface area contributed by atoms with Gasteiger partial charge in [0.05, 0.1) is 0 Å². The van der Waals surface area contributed by atoms with Crippen molar-refractivity contribution >= 4 is 17.9 Å². The Balaban J connectivity index is 4.31. The van der Waals surface area contributed by atoms with Crippen LogP contribution in [-0.4, -0.2) is 37.2 Å². The number of carbonyl (C=O) groups excluding carboxylic acids is 3. The first-order chi connectivity index (χ1) is 39.0. The third kappa shape index (κ3) is 63.7. The summed E-state index contributed by atoms with van der Waals surface area (Å²) >= 11 is 0. The molecule has 1 atom stereocenters. The third-order valence-corrected chi connectivity index (χ3v) is 13.0. The normalized spacial score (nSPS) is 13.2. The Morgan fingerprint density at radius 1 is 0.266 bits per heavy atom. The lowest BCUT2D eigenvalue weighted by atomic mass is 10.1. The molecule has 1 unspecified atom stereocenters. The Morgan fingerprint density at radius 3 is 0.823 bits per heavy atom. The van der Waals surface area contributed by atoms with E-state index in [9.17, 15) is 14.4 Å². The van der Waals surface area contributed by atoms with Crippen LogP contribution in [-0.2, 0) is 28.6 Å². The molecule has 0 heterocycles. The van der Waals surface area contributed by atoms with Gasteiger partial charge in [-0.3, -0.25) is 14.4 Å². The van der Waals surface area contributed by atoms with Crippen molar-refractivity contribution in [1.82, 2.24) is 0 Å². The molecule has 0 aromatic heterocycles. The maximum atomic E-state index is 12.8. The quantitative estimate of drug-likeness (QED) is 0.0261. The number of carbonyl (C=O) groups is 3. The van der Waals surface area contributed by atoms with E-state index in [1.54, 1.807) is 0 Å². The summed E-state index contributed by atoms with van der Waals surface area (Å²) in [5.74, 6) is -0.955. The molecule has 0 aliphatic rings. The molecule has 79 heavy (non-hydrogen) atoms. The van der Waals surface area contributed by atoms with E-state index in [0.29, 0.717) is 19.3 Å². The zero-order chi connectivity index (χ0) is 57.1. The average Bonchev–Trinajstić information content (AvgIpc) is 3.45. The molecule has 0 saturated carbocycles. The molecule has 0 amide bonds. The molecule has 0 saturated heterocycles. The predicted octanol–water partition coefficient (Wildman–Crippen LogP) is 22.1. The molecule has 0 radical (unpaired) electrons. The van der Waals surface area contributed by atoms with Crippen LogP contribution in [0.4, 0.5) is 0 Å². The summed E-state index contributed by atoms with van der Waals surface area (Å²) in [6.45, 7) is 6.41.